The molecule has 0 unspecified atom stereocenters. The largest absolute Gasteiger partial charge is 0.394 e. The molecule has 0 aliphatic rings. The van der Waals surface area contributed by atoms with Gasteiger partial charge in [0, 0.05) is 16.1 Å². The van der Waals surface area contributed by atoms with Crippen LogP contribution in [-0.2, 0) is 0 Å². The molecule has 3 rings (SSSR count). The predicted octanol–water partition coefficient (Wildman–Crippen LogP) is 4.31. The molecule has 0 amide bonds. The van der Waals surface area contributed by atoms with Crippen molar-refractivity contribution in [1.82, 2.24) is 15.0 Å². The van der Waals surface area contributed by atoms with E-state index in [2.05, 4.69) is 20.3 Å². The van der Waals surface area contributed by atoms with Gasteiger partial charge in [0.25, 0.3) is 0 Å². The second kappa shape index (κ2) is 6.85. The summed E-state index contributed by atoms with van der Waals surface area (Å²) in [6.45, 7) is 1.97. The Morgan fingerprint density at radius 2 is 1.83 bits per heavy atom. The van der Waals surface area contributed by atoms with Gasteiger partial charge < -0.3 is 11.1 Å². The number of nitrogens with zero attached hydrogens (tertiary/aromatic N) is 3. The summed E-state index contributed by atoms with van der Waals surface area (Å²) in [7, 11) is 0. The minimum Gasteiger partial charge on any atom is -0.394 e. The highest BCUT2D eigenvalue weighted by Gasteiger charge is 2.11. The van der Waals surface area contributed by atoms with E-state index in [1.807, 2.05) is 43.3 Å². The molecule has 0 aliphatic heterocycles. The van der Waals surface area contributed by atoms with Crippen LogP contribution in [0, 0.1) is 6.92 Å². The van der Waals surface area contributed by atoms with Crippen LogP contribution in [-0.4, -0.2) is 15.0 Å². The Balaban J connectivity index is 1.86. The summed E-state index contributed by atoms with van der Waals surface area (Å²) in [6.07, 6.45) is 3.20. The molecule has 0 atom stereocenters. The van der Waals surface area contributed by atoms with Crippen LogP contribution >= 0.6 is 23.4 Å². The standard InChI is InChI=1S/C16H14ClN5S/c1-10-3-2-8-19-14(10)22-15-13(18)16(21-9-20-15)23-12-6-4-11(17)5-7-12/h2-9H,18H2,1H3,(H,19,20,21,22). The van der Waals surface area contributed by atoms with Crippen molar-refractivity contribution in [3.05, 3.63) is 59.5 Å². The lowest BCUT2D eigenvalue weighted by Crippen LogP contribution is -2.04. The summed E-state index contributed by atoms with van der Waals surface area (Å²) in [4.78, 5) is 13.8. The highest BCUT2D eigenvalue weighted by Crippen LogP contribution is 2.34. The van der Waals surface area contributed by atoms with E-state index in [0.717, 1.165) is 16.3 Å². The third-order valence-electron chi connectivity index (χ3n) is 3.12. The van der Waals surface area contributed by atoms with E-state index in [1.54, 1.807) is 6.20 Å². The molecule has 0 saturated carbocycles. The molecule has 5 nitrogen and oxygen atoms in total. The average Bonchev–Trinajstić information content (AvgIpc) is 2.55. The Morgan fingerprint density at radius 3 is 2.57 bits per heavy atom. The van der Waals surface area contributed by atoms with Crippen LogP contribution in [0.15, 0.2) is 58.8 Å². The van der Waals surface area contributed by atoms with Gasteiger partial charge in [-0.1, -0.05) is 29.4 Å². The van der Waals surface area contributed by atoms with Gasteiger partial charge >= 0.3 is 0 Å². The normalized spacial score (nSPS) is 10.5. The number of nitrogens with one attached hydrogen (secondary N) is 1. The molecule has 1 aromatic carbocycles. The molecular weight excluding hydrogens is 330 g/mol. The minimum atomic E-state index is 0.484. The zero-order chi connectivity index (χ0) is 16.2. The first-order chi connectivity index (χ1) is 11.1. The van der Waals surface area contributed by atoms with E-state index >= 15 is 0 Å². The summed E-state index contributed by atoms with van der Waals surface area (Å²) in [5.74, 6) is 1.26. The van der Waals surface area contributed by atoms with Gasteiger partial charge in [-0.2, -0.15) is 0 Å². The van der Waals surface area contributed by atoms with Crippen molar-refractivity contribution < 1.29 is 0 Å². The van der Waals surface area contributed by atoms with E-state index in [9.17, 15) is 0 Å². The summed E-state index contributed by atoms with van der Waals surface area (Å²) >= 11 is 7.36. The average molecular weight is 344 g/mol. The molecule has 2 heterocycles. The quantitative estimate of drug-likeness (QED) is 0.687. The van der Waals surface area contributed by atoms with Crippen LogP contribution in [0.5, 0.6) is 0 Å². The van der Waals surface area contributed by atoms with Crippen molar-refractivity contribution >= 4 is 40.7 Å². The van der Waals surface area contributed by atoms with Gasteiger partial charge in [0.1, 0.15) is 22.9 Å². The maximum Gasteiger partial charge on any atom is 0.159 e. The zero-order valence-corrected chi connectivity index (χ0v) is 13.9. The maximum atomic E-state index is 6.20. The molecule has 116 valence electrons. The molecule has 3 N–H and O–H groups in total. The van der Waals surface area contributed by atoms with Gasteiger partial charge in [-0.25, -0.2) is 15.0 Å². The molecule has 23 heavy (non-hydrogen) atoms. The minimum absolute atomic E-state index is 0.484. The number of anilines is 3. The van der Waals surface area contributed by atoms with Gasteiger partial charge in [-0.15, -0.1) is 0 Å². The number of nitrogens with two attached hydrogens (primary N) is 1. The highest BCUT2D eigenvalue weighted by atomic mass is 35.5. The van der Waals surface area contributed by atoms with Crippen LogP contribution in [0.1, 0.15) is 5.56 Å². The smallest absolute Gasteiger partial charge is 0.159 e. The van der Waals surface area contributed by atoms with Crippen LogP contribution in [0.2, 0.25) is 5.02 Å². The number of aromatic nitrogens is 3. The fourth-order valence-corrected chi connectivity index (χ4v) is 2.83. The fraction of sp³-hybridized carbons (Fsp3) is 0.0625. The van der Waals surface area contributed by atoms with Crippen LogP contribution < -0.4 is 11.1 Å². The van der Waals surface area contributed by atoms with Gasteiger partial charge in [0.2, 0.25) is 0 Å². The van der Waals surface area contributed by atoms with Gasteiger partial charge in [-0.3, -0.25) is 0 Å². The Kier molecular flexibility index (Phi) is 4.64. The Hall–Kier alpha value is -2.31. The monoisotopic (exact) mass is 343 g/mol. The number of pyridine rings is 1. The lowest BCUT2D eigenvalue weighted by molar-refractivity contribution is 1.05. The molecule has 2 aromatic heterocycles. The summed E-state index contributed by atoms with van der Waals surface area (Å²) < 4.78 is 0. The zero-order valence-electron chi connectivity index (χ0n) is 12.3. The number of halogens is 1. The van der Waals surface area contributed by atoms with E-state index in [4.69, 9.17) is 17.3 Å². The van der Waals surface area contributed by atoms with Crippen molar-refractivity contribution in [3.8, 4) is 0 Å². The van der Waals surface area contributed by atoms with E-state index in [-0.39, 0.29) is 0 Å². The molecule has 7 heteroatoms. The highest BCUT2D eigenvalue weighted by molar-refractivity contribution is 7.99. The van der Waals surface area contributed by atoms with Crippen LogP contribution in [0.3, 0.4) is 0 Å². The van der Waals surface area contributed by atoms with Crippen molar-refractivity contribution in [2.24, 2.45) is 0 Å². The second-order valence-corrected chi connectivity index (χ2v) is 6.29. The number of nitrogen functional groups attached to an aromatic ring is 1. The van der Waals surface area contributed by atoms with Gasteiger partial charge in [-0.05, 0) is 42.8 Å². The Labute approximate surface area is 143 Å². The molecule has 0 fully saturated rings. The van der Waals surface area contributed by atoms with Crippen molar-refractivity contribution in [2.45, 2.75) is 16.8 Å². The third kappa shape index (κ3) is 3.72. The maximum absolute atomic E-state index is 6.20. The molecule has 3 aromatic rings. The molecule has 0 spiro atoms. The summed E-state index contributed by atoms with van der Waals surface area (Å²) in [5.41, 5.74) is 7.69. The van der Waals surface area contributed by atoms with Gasteiger partial charge in [0.15, 0.2) is 5.82 Å². The van der Waals surface area contributed by atoms with Crippen LogP contribution in [0.4, 0.5) is 17.3 Å². The molecule has 0 saturated heterocycles. The molecule has 0 bridgehead atoms. The predicted molar refractivity (Wildman–Crippen MR) is 94.3 cm³/mol. The second-order valence-electron chi connectivity index (χ2n) is 4.79. The first kappa shape index (κ1) is 15.6. The van der Waals surface area contributed by atoms with Crippen LogP contribution in [0.25, 0.3) is 0 Å². The van der Waals surface area contributed by atoms with E-state index < -0.39 is 0 Å². The van der Waals surface area contributed by atoms with Crippen molar-refractivity contribution in [3.63, 3.8) is 0 Å². The number of rotatable bonds is 4. The summed E-state index contributed by atoms with van der Waals surface area (Å²) in [6, 6.07) is 11.4. The molecule has 0 radical (unpaired) electrons. The number of benzene rings is 1. The topological polar surface area (TPSA) is 76.7 Å². The molecule has 0 aliphatic carbocycles. The SMILES string of the molecule is Cc1cccnc1Nc1ncnc(Sc2ccc(Cl)cc2)c1N. The first-order valence-electron chi connectivity index (χ1n) is 6.86. The number of hydrogen-bond acceptors (Lipinski definition) is 6. The number of aryl methyl sites for hydroxylation is 1. The third-order valence-corrected chi connectivity index (χ3v) is 4.40. The lowest BCUT2D eigenvalue weighted by Gasteiger charge is -2.11. The Bertz CT molecular complexity index is 823. The summed E-state index contributed by atoms with van der Waals surface area (Å²) in [5, 5.41) is 4.53. The van der Waals surface area contributed by atoms with E-state index in [1.165, 1.54) is 18.1 Å². The van der Waals surface area contributed by atoms with E-state index in [0.29, 0.717) is 21.6 Å². The first-order valence-corrected chi connectivity index (χ1v) is 8.05. The lowest BCUT2D eigenvalue weighted by atomic mass is 10.3. The van der Waals surface area contributed by atoms with Crippen molar-refractivity contribution in [2.75, 3.05) is 11.1 Å². The number of hydrogen-bond donors (Lipinski definition) is 2. The Morgan fingerprint density at radius 1 is 1.04 bits per heavy atom. The fourth-order valence-electron chi connectivity index (χ4n) is 1.90. The molecular formula is C16H14ClN5S. The van der Waals surface area contributed by atoms with Gasteiger partial charge in [0.05, 0.1) is 0 Å². The van der Waals surface area contributed by atoms with Crippen molar-refractivity contribution in [1.29, 1.82) is 0 Å².